The van der Waals surface area contributed by atoms with E-state index in [0.717, 1.165) is 4.90 Å². The Kier molecular flexibility index (Phi) is 39.3. The van der Waals surface area contributed by atoms with Crippen molar-refractivity contribution in [1.82, 2.24) is 9.80 Å². The molecule has 2 heterocycles. The molecule has 2 aromatic carbocycles. The van der Waals surface area contributed by atoms with Crippen LogP contribution in [0, 0.1) is 0 Å². The van der Waals surface area contributed by atoms with Crippen LogP contribution in [-0.4, -0.2) is 77.9 Å². The normalized spacial score (nSPS) is 12.9. The molecule has 303 valence electrons. The van der Waals surface area contributed by atoms with E-state index < -0.39 is 27.0 Å². The Bertz CT molecular complexity index is 1440. The van der Waals surface area contributed by atoms with Gasteiger partial charge >= 0.3 is 180 Å². The van der Waals surface area contributed by atoms with E-state index in [1.807, 2.05) is 0 Å². The van der Waals surface area contributed by atoms with E-state index in [0.29, 0.717) is 58.2 Å². The van der Waals surface area contributed by atoms with Crippen LogP contribution in [-0.2, 0) is 41.6 Å². The fourth-order valence-electron chi connectivity index (χ4n) is 3.94. The van der Waals surface area contributed by atoms with Gasteiger partial charge in [-0.05, 0) is 52.0 Å². The van der Waals surface area contributed by atoms with Crippen molar-refractivity contribution in [2.24, 2.45) is 5.73 Å². The zero-order valence-corrected chi connectivity index (χ0v) is 51.7. The Labute approximate surface area is 416 Å². The van der Waals surface area contributed by atoms with Gasteiger partial charge in [-0.15, -0.1) is 0 Å². The number of halogens is 9. The number of hydrogen-bond donors (Lipinski definition) is 1. The molecule has 0 unspecified atom stereocenters. The van der Waals surface area contributed by atoms with E-state index in [4.69, 9.17) is 23.8 Å². The van der Waals surface area contributed by atoms with Crippen molar-refractivity contribution in [3.8, 4) is 0 Å². The molecule has 4 rings (SSSR count). The maximum absolute atomic E-state index is 12.4. The summed E-state index contributed by atoms with van der Waals surface area (Å²) < 4.78 is 43.5. The molecule has 0 saturated heterocycles. The van der Waals surface area contributed by atoms with Crippen molar-refractivity contribution >= 4 is 192 Å². The average Bonchev–Trinajstić information content (AvgIpc) is 3.49. The van der Waals surface area contributed by atoms with E-state index in [1.165, 1.54) is 4.90 Å². The summed E-state index contributed by atoms with van der Waals surface area (Å²) in [4.78, 5) is 49.2. The Hall–Kier alpha value is 4.47. The number of fused-ring (bicyclic) bond motifs is 2. The quantitative estimate of drug-likeness (QED) is 0.0711. The number of rotatable bonds is 12. The van der Waals surface area contributed by atoms with Gasteiger partial charge in [-0.2, -0.15) is 0 Å². The molecule has 0 saturated carbocycles. The van der Waals surface area contributed by atoms with Gasteiger partial charge in [0, 0.05) is 0 Å². The molecule has 0 fully saturated rings. The van der Waals surface area contributed by atoms with Crippen LogP contribution in [0.4, 0.5) is 0 Å². The van der Waals surface area contributed by atoms with Gasteiger partial charge in [0.15, 0.2) is 0 Å². The first-order valence-corrected chi connectivity index (χ1v) is 54.2. The SMILES string of the molecule is CCOP(=O)(CN)OCC.CCOP(=O)(CN1C(=O)c2ccccc2C1=O)OCC.I[I-]I.O=C1c2ccccc2C(=O)N1CBr.[I][V]([I])[I].[I][V][I]. The summed E-state index contributed by atoms with van der Waals surface area (Å²) in [6.45, 7) is 7.95. The van der Waals surface area contributed by atoms with Gasteiger partial charge in [-0.1, -0.05) is 40.2 Å². The molecule has 0 radical (unpaired) electrons. The minimum absolute atomic E-state index is 0.0469. The molecule has 13 nitrogen and oxygen atoms in total. The predicted octanol–water partition coefficient (Wildman–Crippen LogP) is 8.51. The number of nitrogens with zero attached hydrogens (tertiary/aromatic N) is 2. The topological polar surface area (TPSA) is 172 Å². The van der Waals surface area contributed by atoms with Crippen molar-refractivity contribution in [1.29, 1.82) is 0 Å². The third-order valence-corrected chi connectivity index (χ3v) is 9.90. The van der Waals surface area contributed by atoms with Gasteiger partial charge < -0.3 is 23.8 Å². The summed E-state index contributed by atoms with van der Waals surface area (Å²) in [5.41, 5.74) is 7.03. The number of amides is 4. The number of imide groups is 2. The number of nitrogens with two attached hydrogens (primary N) is 1. The van der Waals surface area contributed by atoms with Crippen molar-refractivity contribution in [3.05, 3.63) is 70.8 Å². The van der Waals surface area contributed by atoms with Gasteiger partial charge in [0.2, 0.25) is 0 Å². The first kappa shape index (κ1) is 59.6. The predicted molar refractivity (Wildman–Crippen MR) is 261 cm³/mol. The zero-order valence-electron chi connectivity index (χ0n) is 28.3. The Morgan fingerprint density at radius 3 is 1.15 bits per heavy atom. The third-order valence-electron chi connectivity index (χ3n) is 5.72. The van der Waals surface area contributed by atoms with Crippen molar-refractivity contribution in [2.75, 3.05) is 44.5 Å². The number of carbonyl (C=O) groups excluding carboxylic acids is 4. The van der Waals surface area contributed by atoms with E-state index in [1.54, 1.807) is 76.2 Å². The van der Waals surface area contributed by atoms with Crippen molar-refractivity contribution in [3.63, 3.8) is 0 Å². The second kappa shape index (κ2) is 35.0. The fourth-order valence-corrected chi connectivity index (χ4v) is 7.09. The number of carbonyl (C=O) groups is 4. The molecule has 2 N–H and O–H groups in total. The molecule has 26 heteroatoms. The maximum atomic E-state index is 12.4. The molecule has 0 aromatic heterocycles. The van der Waals surface area contributed by atoms with Crippen LogP contribution in [0.1, 0.15) is 69.1 Å². The monoisotopic (exact) mass is 1820 g/mol. The van der Waals surface area contributed by atoms with E-state index in [2.05, 4.69) is 153 Å². The van der Waals surface area contributed by atoms with Crippen LogP contribution in [0.25, 0.3) is 0 Å². The van der Waals surface area contributed by atoms with Crippen LogP contribution in [0.15, 0.2) is 48.5 Å². The van der Waals surface area contributed by atoms with Gasteiger partial charge in [0.1, 0.15) is 6.29 Å². The molecule has 4 amide bonds. The first-order chi connectivity index (χ1) is 25.0. The van der Waals surface area contributed by atoms with Gasteiger partial charge in [-0.25, -0.2) is 0 Å². The second-order valence-corrected chi connectivity index (χ2v) is 76.8. The molecule has 0 spiro atoms. The van der Waals surface area contributed by atoms with Gasteiger partial charge in [0.05, 0.1) is 60.4 Å². The van der Waals surface area contributed by atoms with Crippen LogP contribution in [0.2, 0.25) is 0 Å². The molecular formula is C27H36BrI8N3O10P2V2-. The first-order valence-electron chi connectivity index (χ1n) is 14.5. The third kappa shape index (κ3) is 23.5. The van der Waals surface area contributed by atoms with Crippen LogP contribution in [0.3, 0.4) is 0 Å². The van der Waals surface area contributed by atoms with Crippen LogP contribution in [0.5, 0.6) is 0 Å². The fraction of sp³-hybridized carbons (Fsp3) is 0.407. The summed E-state index contributed by atoms with van der Waals surface area (Å²) in [7, 11) is -5.78. The molecule has 0 bridgehead atoms. The Morgan fingerprint density at radius 1 is 0.679 bits per heavy atom. The van der Waals surface area contributed by atoms with Crippen LogP contribution >= 0.6 is 168 Å². The van der Waals surface area contributed by atoms with Gasteiger partial charge in [0.25, 0.3) is 23.6 Å². The minimum atomic E-state index is -3.49. The zero-order chi connectivity index (χ0) is 41.2. The van der Waals surface area contributed by atoms with E-state index in [-0.39, 0.29) is 48.0 Å². The Morgan fingerprint density at radius 2 is 0.925 bits per heavy atom. The summed E-state index contributed by atoms with van der Waals surface area (Å²) in [5, 5.41) is 0. The summed E-state index contributed by atoms with van der Waals surface area (Å²) >= 11 is 20.5. The van der Waals surface area contributed by atoms with Crippen molar-refractivity contribution in [2.45, 2.75) is 27.7 Å². The molecule has 0 aliphatic carbocycles. The standard InChI is InChI=1S/C13H16NO5P.C9H6BrNO2.C5H14NO3P.I3.5HI.2V/c1-3-18-20(17,19-4-2)9-14-12(15)10-7-5-6-8-11(10)13(14)16;10-5-11-8(12)6-3-1-2-4-7(6)9(11)13;1-3-8-10(7,5-6)9-4-2;1-3-2;;;;;;;/h5-8H,3-4,9H2,1-2H3;1-4H,5H2;3-6H2,1-2H3;;5*1H;;/q;;;-1;;;;;;+2;+3/p-5. The van der Waals surface area contributed by atoms with E-state index >= 15 is 0 Å². The summed E-state index contributed by atoms with van der Waals surface area (Å²) in [6.07, 6.45) is -0.407. The molecule has 2 aliphatic heterocycles. The average molecular weight is 1820 g/mol. The second-order valence-electron chi connectivity index (χ2n) is 8.81. The number of hydrogen-bond acceptors (Lipinski definition) is 11. The number of benzene rings is 2. The molecular weight excluding hydrogens is 1790 g/mol. The summed E-state index contributed by atoms with van der Waals surface area (Å²) in [5.74, 6) is -1.38. The van der Waals surface area contributed by atoms with Crippen molar-refractivity contribution < 1.29 is 74.0 Å². The summed E-state index contributed by atoms with van der Waals surface area (Å²) in [6, 6.07) is 13.3. The van der Waals surface area contributed by atoms with E-state index in [9.17, 15) is 28.3 Å². The Balaban J connectivity index is 0. The molecule has 0 atom stereocenters. The molecule has 53 heavy (non-hydrogen) atoms. The molecule has 2 aliphatic rings. The molecule has 2 aromatic rings. The van der Waals surface area contributed by atoms with Gasteiger partial charge in [-0.3, -0.25) is 38.1 Å². The van der Waals surface area contributed by atoms with Crippen LogP contribution < -0.4 is 19.0 Å². The number of alkyl halides is 1.